The lowest BCUT2D eigenvalue weighted by Crippen LogP contribution is -2.61. The third-order valence-corrected chi connectivity index (χ3v) is 16.8. The fraction of sp³-hybridized carbons (Fsp3) is 0.281. The lowest BCUT2D eigenvalue weighted by Gasteiger charge is -2.47. The van der Waals surface area contributed by atoms with Crippen LogP contribution in [0.3, 0.4) is 0 Å². The highest BCUT2D eigenvalue weighted by Crippen LogP contribution is 2.63. The average Bonchev–Trinajstić information content (AvgIpc) is 3.74. The Morgan fingerprint density at radius 1 is 0.565 bits per heavy atom. The van der Waals surface area contributed by atoms with Crippen molar-refractivity contribution < 1.29 is 4.39 Å². The van der Waals surface area contributed by atoms with Gasteiger partial charge in [-0.15, -0.1) is 0 Å². The Labute approximate surface area is 410 Å². The Morgan fingerprint density at radius 2 is 1.22 bits per heavy atom. The first-order valence-electron chi connectivity index (χ1n) is 25.3. The molecule has 1 fully saturated rings. The molecule has 0 radical (unpaired) electrons. The lowest BCUT2D eigenvalue weighted by molar-refractivity contribution is 0.330. The standard InChI is InChI=1S/C64H63BFN3/c1-41-22-24-43(25-23-41)44-18-13-20-49(34-44)67-56-35-45(42-16-11-10-12-17-42)26-29-53(56)65-54-30-27-47(62(5,6)7)37-57(54)68(50-21-14-19-46(36-50)61(2,3)4)59-40-51(39-58(67)60(59)65)69-55-31-28-48(66)38-52(55)63(8)32-15-33-64(63,69)9/h10-14,16-22,24-31,34-41H,15,23,32-33H2,1-9H3. The molecule has 69 heavy (non-hydrogen) atoms. The Bertz CT molecular complexity index is 3300. The highest BCUT2D eigenvalue weighted by Gasteiger charge is 2.60. The van der Waals surface area contributed by atoms with Crippen LogP contribution >= 0.6 is 0 Å². The number of hydrogen-bond acceptors (Lipinski definition) is 3. The second-order valence-corrected chi connectivity index (χ2v) is 23.2. The van der Waals surface area contributed by atoms with Crippen LogP contribution in [0.25, 0.3) is 16.7 Å². The molecule has 12 rings (SSSR count). The lowest BCUT2D eigenvalue weighted by atomic mass is 9.33. The van der Waals surface area contributed by atoms with E-state index in [1.54, 1.807) is 6.07 Å². The molecule has 3 aliphatic heterocycles. The van der Waals surface area contributed by atoms with E-state index in [0.29, 0.717) is 5.92 Å². The first kappa shape index (κ1) is 43.7. The van der Waals surface area contributed by atoms with Crippen LogP contribution in [0.2, 0.25) is 0 Å². The van der Waals surface area contributed by atoms with Crippen LogP contribution in [-0.2, 0) is 16.2 Å². The van der Waals surface area contributed by atoms with Gasteiger partial charge in [-0.3, -0.25) is 0 Å². The van der Waals surface area contributed by atoms with E-state index in [2.05, 4.69) is 229 Å². The summed E-state index contributed by atoms with van der Waals surface area (Å²) in [5.41, 5.74) is 21.1. The average molecular weight is 904 g/mol. The quantitative estimate of drug-likeness (QED) is 0.159. The van der Waals surface area contributed by atoms with E-state index in [9.17, 15) is 0 Å². The Kier molecular flexibility index (Phi) is 9.79. The van der Waals surface area contributed by atoms with Crippen molar-refractivity contribution >= 4 is 74.2 Å². The molecule has 3 atom stereocenters. The van der Waals surface area contributed by atoms with Crippen molar-refractivity contribution in [1.82, 2.24) is 0 Å². The summed E-state index contributed by atoms with van der Waals surface area (Å²) in [4.78, 5) is 7.79. The van der Waals surface area contributed by atoms with Crippen LogP contribution in [0.4, 0.5) is 49.9 Å². The van der Waals surface area contributed by atoms with Gasteiger partial charge in [0.05, 0.1) is 5.54 Å². The van der Waals surface area contributed by atoms with Crippen LogP contribution in [0.1, 0.15) is 110 Å². The zero-order valence-corrected chi connectivity index (χ0v) is 41.8. The minimum atomic E-state index is -0.277. The molecule has 5 heteroatoms. The van der Waals surface area contributed by atoms with Crippen molar-refractivity contribution in [2.24, 2.45) is 5.92 Å². The van der Waals surface area contributed by atoms with Gasteiger partial charge in [0.15, 0.2) is 0 Å². The topological polar surface area (TPSA) is 9.72 Å². The van der Waals surface area contributed by atoms with Crippen LogP contribution in [0.5, 0.6) is 0 Å². The number of anilines is 8. The van der Waals surface area contributed by atoms with Crippen molar-refractivity contribution in [3.05, 3.63) is 192 Å². The molecule has 3 unspecified atom stereocenters. The number of allylic oxidation sites excluding steroid dienone is 4. The number of benzene rings is 7. The maximum Gasteiger partial charge on any atom is 0.252 e. The second kappa shape index (κ2) is 15.5. The Hall–Kier alpha value is -6.59. The summed E-state index contributed by atoms with van der Waals surface area (Å²) < 4.78 is 15.5. The molecular weight excluding hydrogens is 841 g/mol. The highest BCUT2D eigenvalue weighted by molar-refractivity contribution is 7.00. The van der Waals surface area contributed by atoms with E-state index >= 15 is 4.39 Å². The number of rotatable bonds is 5. The summed E-state index contributed by atoms with van der Waals surface area (Å²) in [5, 5.41) is 0. The van der Waals surface area contributed by atoms with Gasteiger partial charge in [0.1, 0.15) is 5.82 Å². The van der Waals surface area contributed by atoms with Gasteiger partial charge in [0.2, 0.25) is 0 Å². The molecule has 0 saturated heterocycles. The largest absolute Gasteiger partial charge is 0.334 e. The maximum atomic E-state index is 15.5. The first-order valence-corrected chi connectivity index (χ1v) is 25.3. The summed E-state index contributed by atoms with van der Waals surface area (Å²) in [7, 11) is 0. The van der Waals surface area contributed by atoms with E-state index in [-0.39, 0.29) is 34.3 Å². The van der Waals surface area contributed by atoms with Crippen LogP contribution in [0.15, 0.2) is 164 Å². The van der Waals surface area contributed by atoms with Crippen LogP contribution in [-0.4, -0.2) is 12.3 Å². The smallest absolute Gasteiger partial charge is 0.252 e. The van der Waals surface area contributed by atoms with Gasteiger partial charge >= 0.3 is 0 Å². The predicted molar refractivity (Wildman–Crippen MR) is 292 cm³/mol. The molecule has 344 valence electrons. The fourth-order valence-corrected chi connectivity index (χ4v) is 12.8. The van der Waals surface area contributed by atoms with Crippen molar-refractivity contribution in [1.29, 1.82) is 0 Å². The van der Waals surface area contributed by atoms with Crippen LogP contribution in [0, 0.1) is 11.7 Å². The first-order chi connectivity index (χ1) is 33.0. The fourth-order valence-electron chi connectivity index (χ4n) is 12.8. The van der Waals surface area contributed by atoms with Gasteiger partial charge in [-0.1, -0.05) is 159 Å². The molecule has 0 N–H and O–H groups in total. The van der Waals surface area contributed by atoms with Gasteiger partial charge in [0.25, 0.3) is 6.71 Å². The third kappa shape index (κ3) is 6.74. The van der Waals surface area contributed by atoms with Crippen LogP contribution < -0.4 is 31.1 Å². The van der Waals surface area contributed by atoms with Gasteiger partial charge in [0, 0.05) is 50.9 Å². The molecule has 7 aromatic carbocycles. The monoisotopic (exact) mass is 904 g/mol. The normalized spacial score (nSPS) is 21.1. The zero-order valence-electron chi connectivity index (χ0n) is 41.8. The summed E-state index contributed by atoms with van der Waals surface area (Å²) in [6.45, 7) is 21.0. The van der Waals surface area contributed by atoms with Crippen molar-refractivity contribution in [2.75, 3.05) is 14.7 Å². The Morgan fingerprint density at radius 3 is 1.91 bits per heavy atom. The molecule has 3 nitrogen and oxygen atoms in total. The molecule has 3 heterocycles. The Balaban J connectivity index is 1.21. The molecule has 0 aromatic heterocycles. The van der Waals surface area contributed by atoms with E-state index in [1.165, 1.54) is 72.5 Å². The number of hydrogen-bond donors (Lipinski definition) is 0. The van der Waals surface area contributed by atoms with Crippen molar-refractivity contribution in [3.63, 3.8) is 0 Å². The summed E-state index contributed by atoms with van der Waals surface area (Å²) in [6, 6.07) is 54.4. The van der Waals surface area contributed by atoms with Gasteiger partial charge < -0.3 is 14.7 Å². The SMILES string of the molecule is CC1C=CC(c2cccc(N3c4cc(-c5ccccc5)ccc4B4c5ccc(C(C)(C)C)cc5N(c5cccc(C(C)(C)C)c5)c5cc(N6c7ccc(F)cc7C7(C)CCCC67C)cc3c54)c2)=CC1. The van der Waals surface area contributed by atoms with Crippen molar-refractivity contribution in [2.45, 2.75) is 110 Å². The molecule has 0 spiro atoms. The maximum absolute atomic E-state index is 15.5. The minimum absolute atomic E-state index is 0.0489. The molecule has 5 aliphatic rings. The van der Waals surface area contributed by atoms with E-state index in [1.807, 2.05) is 6.07 Å². The highest BCUT2D eigenvalue weighted by atomic mass is 19.1. The molecule has 7 aromatic rings. The summed E-state index contributed by atoms with van der Waals surface area (Å²) in [5.74, 6) is 0.360. The molecule has 0 amide bonds. The van der Waals surface area contributed by atoms with E-state index in [4.69, 9.17) is 0 Å². The number of nitrogens with zero attached hydrogens (tertiary/aromatic N) is 3. The van der Waals surface area contributed by atoms with Gasteiger partial charge in [-0.25, -0.2) is 4.39 Å². The third-order valence-electron chi connectivity index (χ3n) is 16.8. The zero-order chi connectivity index (χ0) is 47.8. The molecule has 0 bridgehead atoms. The summed E-state index contributed by atoms with van der Waals surface area (Å²) in [6.07, 6.45) is 11.2. The number of halogens is 1. The van der Waals surface area contributed by atoms with E-state index < -0.39 is 0 Å². The molecule has 1 saturated carbocycles. The molecule has 2 aliphatic carbocycles. The van der Waals surface area contributed by atoms with Gasteiger partial charge in [-0.05, 0) is 165 Å². The second-order valence-electron chi connectivity index (χ2n) is 23.2. The minimum Gasteiger partial charge on any atom is -0.334 e. The predicted octanol–water partition coefficient (Wildman–Crippen LogP) is 15.5. The summed E-state index contributed by atoms with van der Waals surface area (Å²) >= 11 is 0. The van der Waals surface area contributed by atoms with E-state index in [0.717, 1.165) is 54.0 Å². The molecular formula is C64H63BFN3. The van der Waals surface area contributed by atoms with Gasteiger partial charge in [-0.2, -0.15) is 0 Å². The number of fused-ring (bicyclic) bond motifs is 7. The van der Waals surface area contributed by atoms with Crippen molar-refractivity contribution in [3.8, 4) is 11.1 Å².